The molecule has 2 aliphatic rings. The molecule has 2 aromatic heterocycles. The van der Waals surface area contributed by atoms with Crippen molar-refractivity contribution in [3.8, 4) is 10.6 Å². The van der Waals surface area contributed by atoms with Gasteiger partial charge in [0.25, 0.3) is 0 Å². The summed E-state index contributed by atoms with van der Waals surface area (Å²) in [6.45, 7) is 10.2. The summed E-state index contributed by atoms with van der Waals surface area (Å²) in [7, 11) is 0. The maximum absolute atomic E-state index is 13.1. The van der Waals surface area contributed by atoms with Crippen molar-refractivity contribution in [1.29, 1.82) is 0 Å². The summed E-state index contributed by atoms with van der Waals surface area (Å²) in [5.41, 5.74) is 2.46. The highest BCUT2D eigenvalue weighted by molar-refractivity contribution is 8.01. The van der Waals surface area contributed by atoms with E-state index in [0.717, 1.165) is 32.3 Å². The summed E-state index contributed by atoms with van der Waals surface area (Å²) in [4.78, 5) is 26.7. The molecule has 0 bridgehead atoms. The largest absolute Gasteiger partial charge is 0.342 e. The van der Waals surface area contributed by atoms with Crippen LogP contribution in [0.15, 0.2) is 16.5 Å². The Hall–Kier alpha value is -1.60. The number of fused-ring (bicyclic) bond motifs is 1. The fourth-order valence-corrected chi connectivity index (χ4v) is 7.45. The van der Waals surface area contributed by atoms with Crippen LogP contribution in [0.3, 0.4) is 0 Å². The molecule has 0 atom stereocenters. The molecule has 162 valence electrons. The molecule has 30 heavy (non-hydrogen) atoms. The van der Waals surface area contributed by atoms with Crippen molar-refractivity contribution in [2.75, 3.05) is 0 Å². The zero-order valence-corrected chi connectivity index (χ0v) is 20.1. The summed E-state index contributed by atoms with van der Waals surface area (Å²) in [5.74, 6) is 0.258. The summed E-state index contributed by atoms with van der Waals surface area (Å²) in [6.07, 6.45) is 8.20. The van der Waals surface area contributed by atoms with E-state index in [4.69, 9.17) is 0 Å². The molecule has 1 N–H and O–H groups in total. The molecule has 7 heteroatoms. The number of thiophene rings is 1. The molecule has 0 aromatic carbocycles. The van der Waals surface area contributed by atoms with Crippen LogP contribution >= 0.6 is 23.1 Å². The quantitative estimate of drug-likeness (QED) is 0.615. The van der Waals surface area contributed by atoms with Gasteiger partial charge in [-0.05, 0) is 57.1 Å². The normalized spacial score (nSPS) is 19.2. The van der Waals surface area contributed by atoms with Gasteiger partial charge in [0.05, 0.1) is 9.09 Å². The first kappa shape index (κ1) is 21.6. The number of amides is 1. The van der Waals surface area contributed by atoms with Gasteiger partial charge < -0.3 is 5.32 Å². The standard InChI is InChI=1S/C23H31N3O2S2/c1-22(2,3)24-21(28)26-11-10-16(25-26)19-15-12-23(4,5)13-17(27)18(15)20(30-19)29-14-8-6-7-9-14/h10-11,14H,6-9,12-13H2,1-5H3,(H,24,28). The molecule has 1 amide bonds. The lowest BCUT2D eigenvalue weighted by atomic mass is 9.74. The third kappa shape index (κ3) is 4.52. The lowest BCUT2D eigenvalue weighted by Gasteiger charge is -2.29. The highest BCUT2D eigenvalue weighted by Gasteiger charge is 2.37. The number of ketones is 1. The molecule has 0 spiro atoms. The number of hydrogen-bond acceptors (Lipinski definition) is 5. The Morgan fingerprint density at radius 1 is 1.27 bits per heavy atom. The minimum absolute atomic E-state index is 0.0542. The Kier molecular flexibility index (Phi) is 5.64. The topological polar surface area (TPSA) is 64.0 Å². The first-order valence-corrected chi connectivity index (χ1v) is 12.5. The summed E-state index contributed by atoms with van der Waals surface area (Å²) < 4.78 is 2.52. The number of Topliss-reactive ketones (excluding diaryl/α,β-unsaturated/α-hetero) is 1. The van der Waals surface area contributed by atoms with Crippen LogP contribution in [0.5, 0.6) is 0 Å². The van der Waals surface area contributed by atoms with Crippen LogP contribution in [0.25, 0.3) is 10.6 Å². The first-order valence-electron chi connectivity index (χ1n) is 10.8. The average Bonchev–Trinajstić information content (AvgIpc) is 3.32. The van der Waals surface area contributed by atoms with Crippen molar-refractivity contribution < 1.29 is 9.59 Å². The number of carbonyl (C=O) groups excluding carboxylic acids is 2. The maximum atomic E-state index is 13.1. The third-order valence-corrected chi connectivity index (χ3v) is 8.45. The van der Waals surface area contributed by atoms with Crippen molar-refractivity contribution >= 4 is 34.9 Å². The van der Waals surface area contributed by atoms with Gasteiger partial charge in [0.1, 0.15) is 5.69 Å². The van der Waals surface area contributed by atoms with Gasteiger partial charge in [-0.25, -0.2) is 4.79 Å². The molecule has 2 heterocycles. The van der Waals surface area contributed by atoms with Crippen molar-refractivity contribution in [2.24, 2.45) is 5.41 Å². The Morgan fingerprint density at radius 2 is 1.97 bits per heavy atom. The van der Waals surface area contributed by atoms with E-state index in [2.05, 4.69) is 24.3 Å². The predicted molar refractivity (Wildman–Crippen MR) is 124 cm³/mol. The Balaban J connectivity index is 1.71. The van der Waals surface area contributed by atoms with Crippen molar-refractivity contribution in [3.63, 3.8) is 0 Å². The van der Waals surface area contributed by atoms with Gasteiger partial charge in [-0.15, -0.1) is 23.1 Å². The minimum Gasteiger partial charge on any atom is -0.332 e. The number of rotatable bonds is 3. The monoisotopic (exact) mass is 445 g/mol. The van der Waals surface area contributed by atoms with Gasteiger partial charge >= 0.3 is 6.03 Å². The van der Waals surface area contributed by atoms with E-state index in [9.17, 15) is 9.59 Å². The highest BCUT2D eigenvalue weighted by Crippen LogP contribution is 2.50. The number of carbonyl (C=O) groups is 2. The van der Waals surface area contributed by atoms with Gasteiger partial charge in [0.15, 0.2) is 5.78 Å². The molecule has 0 aliphatic heterocycles. The molecule has 2 aliphatic carbocycles. The van der Waals surface area contributed by atoms with Gasteiger partial charge in [-0.2, -0.15) is 9.78 Å². The number of thioether (sulfide) groups is 1. The lowest BCUT2D eigenvalue weighted by Crippen LogP contribution is -2.43. The van der Waals surface area contributed by atoms with Crippen LogP contribution in [0.2, 0.25) is 0 Å². The molecular formula is C23H31N3O2S2. The first-order chi connectivity index (χ1) is 14.0. The van der Waals surface area contributed by atoms with Crippen LogP contribution in [-0.2, 0) is 6.42 Å². The van der Waals surface area contributed by atoms with Gasteiger partial charge in [0.2, 0.25) is 0 Å². The summed E-state index contributed by atoms with van der Waals surface area (Å²) >= 11 is 3.58. The average molecular weight is 446 g/mol. The Labute approximate surface area is 187 Å². The van der Waals surface area contributed by atoms with Gasteiger partial charge in [-0.1, -0.05) is 26.7 Å². The van der Waals surface area contributed by atoms with E-state index < -0.39 is 0 Å². The minimum atomic E-state index is -0.327. The fourth-order valence-electron chi connectivity index (χ4n) is 4.34. The zero-order chi connectivity index (χ0) is 21.7. The number of nitrogens with one attached hydrogen (secondary N) is 1. The molecule has 0 saturated heterocycles. The van der Waals surface area contributed by atoms with E-state index in [-0.39, 0.29) is 22.8 Å². The van der Waals surface area contributed by atoms with Crippen LogP contribution < -0.4 is 5.32 Å². The molecule has 0 radical (unpaired) electrons. The zero-order valence-electron chi connectivity index (χ0n) is 18.5. The second-order valence-corrected chi connectivity index (χ2v) is 13.0. The Morgan fingerprint density at radius 3 is 2.63 bits per heavy atom. The molecule has 5 nitrogen and oxygen atoms in total. The number of nitrogens with zero attached hydrogens (tertiary/aromatic N) is 2. The SMILES string of the molecule is CC1(C)CC(=O)c2c(SC3CCCC3)sc(-c3ccn(C(=O)NC(C)(C)C)n3)c2C1. The fraction of sp³-hybridized carbons (Fsp3) is 0.609. The van der Waals surface area contributed by atoms with Crippen molar-refractivity contribution in [3.05, 3.63) is 23.4 Å². The van der Waals surface area contributed by atoms with Crippen LogP contribution in [0.4, 0.5) is 4.79 Å². The summed E-state index contributed by atoms with van der Waals surface area (Å²) in [5, 5.41) is 8.14. The van der Waals surface area contributed by atoms with Gasteiger partial charge in [0, 0.05) is 29.0 Å². The second-order valence-electron chi connectivity index (χ2n) is 10.4. The van der Waals surface area contributed by atoms with E-state index in [0.29, 0.717) is 11.7 Å². The number of hydrogen-bond donors (Lipinski definition) is 1. The third-order valence-electron chi connectivity index (χ3n) is 5.64. The van der Waals surface area contributed by atoms with Crippen LogP contribution in [0.1, 0.15) is 82.6 Å². The molecule has 1 fully saturated rings. The Bertz CT molecular complexity index is 975. The molecule has 1 saturated carbocycles. The maximum Gasteiger partial charge on any atom is 0.342 e. The van der Waals surface area contributed by atoms with Gasteiger partial charge in [-0.3, -0.25) is 4.79 Å². The lowest BCUT2D eigenvalue weighted by molar-refractivity contribution is 0.0910. The van der Waals surface area contributed by atoms with Crippen LogP contribution in [-0.4, -0.2) is 32.4 Å². The van der Waals surface area contributed by atoms with E-state index >= 15 is 0 Å². The second kappa shape index (κ2) is 7.83. The molecule has 4 rings (SSSR count). The van der Waals surface area contributed by atoms with E-state index in [1.807, 2.05) is 38.6 Å². The van der Waals surface area contributed by atoms with E-state index in [1.165, 1.54) is 30.4 Å². The van der Waals surface area contributed by atoms with Crippen LogP contribution in [0, 0.1) is 5.41 Å². The van der Waals surface area contributed by atoms with Crippen molar-refractivity contribution in [1.82, 2.24) is 15.1 Å². The molecule has 0 unspecified atom stereocenters. The molecular weight excluding hydrogens is 414 g/mol. The molecule has 2 aromatic rings. The smallest absolute Gasteiger partial charge is 0.332 e. The predicted octanol–water partition coefficient (Wildman–Crippen LogP) is 6.16. The number of aromatic nitrogens is 2. The van der Waals surface area contributed by atoms with E-state index in [1.54, 1.807) is 17.5 Å². The van der Waals surface area contributed by atoms with Crippen molar-refractivity contribution in [2.45, 2.75) is 88.1 Å². The summed E-state index contributed by atoms with van der Waals surface area (Å²) in [6, 6.07) is 1.65. The highest BCUT2D eigenvalue weighted by atomic mass is 32.2.